The molecule has 0 radical (unpaired) electrons. The Bertz CT molecular complexity index is 958. The van der Waals surface area contributed by atoms with E-state index in [1.807, 2.05) is 0 Å². The number of carbonyl (C=O) groups is 1. The zero-order valence-corrected chi connectivity index (χ0v) is 16.8. The molecular weight excluding hydrogens is 407 g/mol. The van der Waals surface area contributed by atoms with Crippen molar-refractivity contribution in [2.45, 2.75) is 17.7 Å². The summed E-state index contributed by atoms with van der Waals surface area (Å²) in [6, 6.07) is 10.2. The van der Waals surface area contributed by atoms with Gasteiger partial charge in [0.15, 0.2) is 0 Å². The minimum atomic E-state index is -3.62. The lowest BCUT2D eigenvalue weighted by atomic mass is 9.97. The number of carbonyl (C=O) groups excluding carboxylic acids is 1. The number of piperidine rings is 1. The van der Waals surface area contributed by atoms with E-state index < -0.39 is 15.8 Å². The van der Waals surface area contributed by atoms with E-state index in [4.69, 9.17) is 16.3 Å². The second-order valence-electron chi connectivity index (χ2n) is 6.47. The summed E-state index contributed by atoms with van der Waals surface area (Å²) >= 11 is 5.63. The number of hydrogen-bond acceptors (Lipinski definition) is 4. The third kappa shape index (κ3) is 4.45. The van der Waals surface area contributed by atoms with Crippen molar-refractivity contribution in [3.8, 4) is 5.75 Å². The Labute approximate surface area is 168 Å². The number of nitrogens with one attached hydrogen (secondary N) is 1. The fourth-order valence-electron chi connectivity index (χ4n) is 3.07. The Morgan fingerprint density at radius 2 is 1.82 bits per heavy atom. The van der Waals surface area contributed by atoms with Crippen LogP contribution in [0.4, 0.5) is 10.1 Å². The molecule has 0 aliphatic carbocycles. The van der Waals surface area contributed by atoms with E-state index >= 15 is 0 Å². The van der Waals surface area contributed by atoms with Gasteiger partial charge in [0, 0.05) is 24.7 Å². The first-order chi connectivity index (χ1) is 13.3. The van der Waals surface area contributed by atoms with Gasteiger partial charge in [-0.15, -0.1) is 0 Å². The molecule has 1 saturated heterocycles. The van der Waals surface area contributed by atoms with Crippen LogP contribution in [0.5, 0.6) is 5.75 Å². The highest BCUT2D eigenvalue weighted by molar-refractivity contribution is 7.89. The number of amides is 1. The van der Waals surface area contributed by atoms with Gasteiger partial charge in [-0.3, -0.25) is 4.79 Å². The molecule has 3 rings (SSSR count). The molecule has 2 aromatic rings. The Balaban J connectivity index is 1.61. The van der Waals surface area contributed by atoms with Gasteiger partial charge in [0.05, 0.1) is 17.0 Å². The predicted molar refractivity (Wildman–Crippen MR) is 105 cm³/mol. The Hall–Kier alpha value is -2.16. The molecule has 0 aromatic heterocycles. The van der Waals surface area contributed by atoms with Crippen molar-refractivity contribution in [1.82, 2.24) is 4.31 Å². The van der Waals surface area contributed by atoms with Gasteiger partial charge in [0.25, 0.3) is 0 Å². The van der Waals surface area contributed by atoms with Gasteiger partial charge < -0.3 is 10.1 Å². The minimum Gasteiger partial charge on any atom is -0.497 e. The number of sulfonamides is 1. The lowest BCUT2D eigenvalue weighted by Gasteiger charge is -2.30. The molecule has 0 unspecified atom stereocenters. The van der Waals surface area contributed by atoms with Gasteiger partial charge in [0.2, 0.25) is 15.9 Å². The van der Waals surface area contributed by atoms with Crippen LogP contribution in [0.2, 0.25) is 5.02 Å². The van der Waals surface area contributed by atoms with Crippen LogP contribution in [0.25, 0.3) is 0 Å². The molecule has 1 N–H and O–H groups in total. The molecule has 9 heteroatoms. The lowest BCUT2D eigenvalue weighted by Crippen LogP contribution is -2.41. The summed E-state index contributed by atoms with van der Waals surface area (Å²) in [7, 11) is -2.11. The molecular formula is C19H20ClFN2O4S. The number of rotatable bonds is 5. The summed E-state index contributed by atoms with van der Waals surface area (Å²) in [4.78, 5) is 12.6. The normalized spacial score (nSPS) is 16.0. The van der Waals surface area contributed by atoms with E-state index in [2.05, 4.69) is 5.32 Å². The molecule has 1 fully saturated rings. The van der Waals surface area contributed by atoms with Crippen molar-refractivity contribution in [3.05, 3.63) is 53.3 Å². The summed E-state index contributed by atoms with van der Waals surface area (Å²) in [6.45, 7) is 0.475. The largest absolute Gasteiger partial charge is 0.497 e. The van der Waals surface area contributed by atoms with Gasteiger partial charge in [-0.25, -0.2) is 12.8 Å². The Morgan fingerprint density at radius 1 is 1.18 bits per heavy atom. The third-order valence-electron chi connectivity index (χ3n) is 4.71. The monoisotopic (exact) mass is 426 g/mol. The first-order valence-corrected chi connectivity index (χ1v) is 10.5. The van der Waals surface area contributed by atoms with E-state index in [1.165, 1.54) is 35.7 Å². The van der Waals surface area contributed by atoms with Gasteiger partial charge in [0.1, 0.15) is 11.6 Å². The van der Waals surface area contributed by atoms with Crippen LogP contribution in [0, 0.1) is 11.7 Å². The lowest BCUT2D eigenvalue weighted by molar-refractivity contribution is -0.120. The smallest absolute Gasteiger partial charge is 0.243 e. The highest BCUT2D eigenvalue weighted by Crippen LogP contribution is 2.26. The zero-order chi connectivity index (χ0) is 20.3. The van der Waals surface area contributed by atoms with Crippen LogP contribution in [0.1, 0.15) is 12.8 Å². The first kappa shape index (κ1) is 20.6. The molecule has 1 amide bonds. The van der Waals surface area contributed by atoms with Crippen molar-refractivity contribution < 1.29 is 22.3 Å². The average Bonchev–Trinajstić information content (AvgIpc) is 2.71. The zero-order valence-electron chi connectivity index (χ0n) is 15.2. The molecule has 2 aromatic carbocycles. The van der Waals surface area contributed by atoms with E-state index in [0.29, 0.717) is 24.3 Å². The maximum Gasteiger partial charge on any atom is 0.243 e. The maximum atomic E-state index is 13.5. The van der Waals surface area contributed by atoms with Crippen LogP contribution >= 0.6 is 11.6 Å². The number of halogens is 2. The van der Waals surface area contributed by atoms with Crippen LogP contribution in [-0.4, -0.2) is 38.8 Å². The number of ether oxygens (including phenoxy) is 1. The Kier molecular flexibility index (Phi) is 6.22. The van der Waals surface area contributed by atoms with Gasteiger partial charge >= 0.3 is 0 Å². The number of benzene rings is 2. The molecule has 0 saturated carbocycles. The molecule has 6 nitrogen and oxygen atoms in total. The fraction of sp³-hybridized carbons (Fsp3) is 0.316. The van der Waals surface area contributed by atoms with Crippen LogP contribution < -0.4 is 10.1 Å². The van der Waals surface area contributed by atoms with Crippen LogP contribution in [0.15, 0.2) is 47.4 Å². The quantitative estimate of drug-likeness (QED) is 0.793. The van der Waals surface area contributed by atoms with Gasteiger partial charge in [-0.05, 0) is 55.3 Å². The molecule has 28 heavy (non-hydrogen) atoms. The fourth-order valence-corrected chi connectivity index (χ4v) is 4.66. The number of hydrogen-bond donors (Lipinski definition) is 1. The molecule has 0 spiro atoms. The molecule has 1 aliphatic rings. The molecule has 150 valence electrons. The Morgan fingerprint density at radius 3 is 2.39 bits per heavy atom. The summed E-state index contributed by atoms with van der Waals surface area (Å²) < 4.78 is 45.4. The average molecular weight is 427 g/mol. The molecule has 0 atom stereocenters. The van der Waals surface area contributed by atoms with Crippen LogP contribution in [-0.2, 0) is 14.8 Å². The number of anilines is 1. The minimum absolute atomic E-state index is 0.0185. The van der Waals surface area contributed by atoms with Crippen molar-refractivity contribution in [2.75, 3.05) is 25.5 Å². The molecule has 1 aliphatic heterocycles. The summed E-state index contributed by atoms with van der Waals surface area (Å²) in [5, 5.41) is 2.64. The summed E-state index contributed by atoms with van der Waals surface area (Å²) in [5.41, 5.74) is 0.320. The maximum absolute atomic E-state index is 13.5. The number of nitrogens with zero attached hydrogens (tertiary/aromatic N) is 1. The van der Waals surface area contributed by atoms with Gasteiger partial charge in [-0.1, -0.05) is 11.6 Å². The van der Waals surface area contributed by atoms with E-state index in [9.17, 15) is 17.6 Å². The molecule has 0 bridgehead atoms. The van der Waals surface area contributed by atoms with E-state index in [1.54, 1.807) is 12.1 Å². The van der Waals surface area contributed by atoms with E-state index in [0.717, 1.165) is 6.07 Å². The topological polar surface area (TPSA) is 75.7 Å². The van der Waals surface area contributed by atoms with Crippen molar-refractivity contribution in [2.24, 2.45) is 5.92 Å². The second-order valence-corrected chi connectivity index (χ2v) is 8.82. The van der Waals surface area contributed by atoms with Crippen molar-refractivity contribution in [3.63, 3.8) is 0 Å². The van der Waals surface area contributed by atoms with Crippen molar-refractivity contribution >= 4 is 33.2 Å². The van der Waals surface area contributed by atoms with Gasteiger partial charge in [-0.2, -0.15) is 4.31 Å². The first-order valence-electron chi connectivity index (χ1n) is 8.71. The number of methoxy groups -OCH3 is 1. The van der Waals surface area contributed by atoms with Crippen LogP contribution in [0.3, 0.4) is 0 Å². The predicted octanol–water partition coefficient (Wildman–Crippen LogP) is 3.53. The second kappa shape index (κ2) is 8.46. The summed E-state index contributed by atoms with van der Waals surface area (Å²) in [5.74, 6) is -0.642. The molecule has 1 heterocycles. The third-order valence-corrected chi connectivity index (χ3v) is 6.93. The van der Waals surface area contributed by atoms with Crippen molar-refractivity contribution in [1.29, 1.82) is 0 Å². The highest BCUT2D eigenvalue weighted by atomic mass is 35.5. The highest BCUT2D eigenvalue weighted by Gasteiger charge is 2.32. The van der Waals surface area contributed by atoms with E-state index in [-0.39, 0.29) is 34.8 Å². The standard InChI is InChI=1S/C19H20ClFN2O4S/c1-27-15-3-5-16(6-4-15)28(25,26)23-10-8-13(9-11-23)19(24)22-14-2-7-17(20)18(21)12-14/h2-7,12-13H,8-11H2,1H3,(H,22,24). The SMILES string of the molecule is COc1ccc(S(=O)(=O)N2CCC(C(=O)Nc3ccc(Cl)c(F)c3)CC2)cc1. The summed E-state index contributed by atoms with van der Waals surface area (Å²) in [6.07, 6.45) is 0.772.